The maximum Gasteiger partial charge on any atom is 0.255 e. The molecular weight excluding hydrogens is 376 g/mol. The van der Waals surface area contributed by atoms with Crippen LogP contribution in [0.4, 0.5) is 17.3 Å². The third kappa shape index (κ3) is 4.25. The lowest BCUT2D eigenvalue weighted by Gasteiger charge is -2.09. The summed E-state index contributed by atoms with van der Waals surface area (Å²) in [6.45, 7) is 7.69. The fourth-order valence-electron chi connectivity index (χ4n) is 3.12. The summed E-state index contributed by atoms with van der Waals surface area (Å²) in [7, 11) is 0. The number of carbonyl (C=O) groups excluding carboxylic acids is 1. The minimum atomic E-state index is -0.199. The van der Waals surface area contributed by atoms with Gasteiger partial charge in [-0.05, 0) is 76.2 Å². The molecule has 0 fully saturated rings. The van der Waals surface area contributed by atoms with E-state index < -0.39 is 0 Å². The highest BCUT2D eigenvalue weighted by Gasteiger charge is 2.10. The molecule has 7 nitrogen and oxygen atoms in total. The van der Waals surface area contributed by atoms with Crippen LogP contribution in [0.15, 0.2) is 48.5 Å². The standard InChI is InChI=1S/C23H22N6O/c1-13-11-14(2)25-23(24-13)29-19-8-6-18(7-9-19)28-22(30)17-5-10-20-21(12-17)27-16(4)15(3)26-20/h5-12H,1-4H3,(H,28,30)(H,24,25,29). The molecule has 150 valence electrons. The van der Waals surface area contributed by atoms with Crippen LogP contribution in [-0.4, -0.2) is 25.8 Å². The number of hydrogen-bond donors (Lipinski definition) is 2. The van der Waals surface area contributed by atoms with Crippen LogP contribution in [0.5, 0.6) is 0 Å². The third-order valence-corrected chi connectivity index (χ3v) is 4.72. The number of aromatic nitrogens is 4. The molecule has 0 aliphatic carbocycles. The Morgan fingerprint density at radius 1 is 0.700 bits per heavy atom. The number of nitrogens with one attached hydrogen (secondary N) is 2. The van der Waals surface area contributed by atoms with E-state index >= 15 is 0 Å². The summed E-state index contributed by atoms with van der Waals surface area (Å²) in [6.07, 6.45) is 0. The monoisotopic (exact) mass is 398 g/mol. The zero-order valence-electron chi connectivity index (χ0n) is 17.3. The molecule has 2 aromatic carbocycles. The molecule has 4 rings (SSSR count). The molecule has 30 heavy (non-hydrogen) atoms. The quantitative estimate of drug-likeness (QED) is 0.520. The van der Waals surface area contributed by atoms with Crippen molar-refractivity contribution in [3.05, 3.63) is 76.9 Å². The van der Waals surface area contributed by atoms with Crippen molar-refractivity contribution in [1.82, 2.24) is 19.9 Å². The van der Waals surface area contributed by atoms with Gasteiger partial charge in [0.1, 0.15) is 0 Å². The summed E-state index contributed by atoms with van der Waals surface area (Å²) >= 11 is 0. The van der Waals surface area contributed by atoms with Crippen molar-refractivity contribution >= 4 is 34.3 Å². The molecule has 1 amide bonds. The molecule has 0 saturated carbocycles. The smallest absolute Gasteiger partial charge is 0.255 e. The van der Waals surface area contributed by atoms with Gasteiger partial charge in [0.2, 0.25) is 5.95 Å². The van der Waals surface area contributed by atoms with Crippen molar-refractivity contribution in [3.8, 4) is 0 Å². The minimum absolute atomic E-state index is 0.199. The number of carbonyl (C=O) groups is 1. The van der Waals surface area contributed by atoms with Gasteiger partial charge in [0.05, 0.1) is 22.4 Å². The van der Waals surface area contributed by atoms with Crippen molar-refractivity contribution in [2.75, 3.05) is 10.6 Å². The average Bonchev–Trinajstić information content (AvgIpc) is 2.69. The van der Waals surface area contributed by atoms with Crippen LogP contribution in [0.1, 0.15) is 33.1 Å². The molecular formula is C23H22N6O. The fraction of sp³-hybridized carbons (Fsp3) is 0.174. The Bertz CT molecular complexity index is 1230. The molecule has 0 bridgehead atoms. The maximum atomic E-state index is 12.7. The number of benzene rings is 2. The molecule has 0 unspecified atom stereocenters. The zero-order valence-corrected chi connectivity index (χ0v) is 17.3. The van der Waals surface area contributed by atoms with Crippen molar-refractivity contribution < 1.29 is 4.79 Å². The zero-order chi connectivity index (χ0) is 21.3. The van der Waals surface area contributed by atoms with Gasteiger partial charge in [0, 0.05) is 28.3 Å². The van der Waals surface area contributed by atoms with Gasteiger partial charge < -0.3 is 10.6 Å². The summed E-state index contributed by atoms with van der Waals surface area (Å²) in [4.78, 5) is 30.4. The topological polar surface area (TPSA) is 92.7 Å². The molecule has 7 heteroatoms. The summed E-state index contributed by atoms with van der Waals surface area (Å²) < 4.78 is 0. The molecule has 0 atom stereocenters. The number of amides is 1. The first-order valence-corrected chi connectivity index (χ1v) is 9.63. The molecule has 0 aliphatic heterocycles. The maximum absolute atomic E-state index is 12.7. The molecule has 0 saturated heterocycles. The van der Waals surface area contributed by atoms with E-state index in [1.54, 1.807) is 12.1 Å². The predicted molar refractivity (Wildman–Crippen MR) is 118 cm³/mol. The molecule has 2 N–H and O–H groups in total. The Labute approximate surface area is 174 Å². The lowest BCUT2D eigenvalue weighted by molar-refractivity contribution is 0.102. The van der Waals surface area contributed by atoms with Crippen molar-refractivity contribution in [1.29, 1.82) is 0 Å². The average molecular weight is 398 g/mol. The highest BCUT2D eigenvalue weighted by molar-refractivity contribution is 6.05. The number of hydrogen-bond acceptors (Lipinski definition) is 6. The molecule has 0 aliphatic rings. The molecule has 0 spiro atoms. The van der Waals surface area contributed by atoms with Gasteiger partial charge in [-0.25, -0.2) is 19.9 Å². The van der Waals surface area contributed by atoms with E-state index in [9.17, 15) is 4.79 Å². The van der Waals surface area contributed by atoms with Crippen LogP contribution in [-0.2, 0) is 0 Å². The number of anilines is 3. The van der Waals surface area contributed by atoms with Crippen LogP contribution >= 0.6 is 0 Å². The fourth-order valence-corrected chi connectivity index (χ4v) is 3.12. The van der Waals surface area contributed by atoms with E-state index in [0.29, 0.717) is 22.7 Å². The summed E-state index contributed by atoms with van der Waals surface area (Å²) in [5.74, 6) is 0.349. The highest BCUT2D eigenvalue weighted by Crippen LogP contribution is 2.19. The first-order valence-electron chi connectivity index (χ1n) is 9.63. The van der Waals surface area contributed by atoms with E-state index in [1.165, 1.54) is 0 Å². The Balaban J connectivity index is 1.48. The molecule has 2 aromatic heterocycles. The van der Waals surface area contributed by atoms with Gasteiger partial charge in [0.15, 0.2) is 0 Å². The Morgan fingerprint density at radius 2 is 1.30 bits per heavy atom. The molecule has 0 radical (unpaired) electrons. The van der Waals surface area contributed by atoms with E-state index in [4.69, 9.17) is 0 Å². The third-order valence-electron chi connectivity index (χ3n) is 4.72. The number of aryl methyl sites for hydroxylation is 4. The predicted octanol–water partition coefficient (Wildman–Crippen LogP) is 4.65. The first kappa shape index (κ1) is 19.4. The Hall–Kier alpha value is -3.87. The summed E-state index contributed by atoms with van der Waals surface area (Å²) in [5, 5.41) is 6.09. The second-order valence-corrected chi connectivity index (χ2v) is 7.23. The van der Waals surface area contributed by atoms with Gasteiger partial charge in [-0.15, -0.1) is 0 Å². The second kappa shape index (κ2) is 7.87. The van der Waals surface area contributed by atoms with Crippen LogP contribution in [0.2, 0.25) is 0 Å². The largest absolute Gasteiger partial charge is 0.324 e. The normalized spacial score (nSPS) is 10.8. The highest BCUT2D eigenvalue weighted by atomic mass is 16.1. The van der Waals surface area contributed by atoms with Crippen molar-refractivity contribution in [2.24, 2.45) is 0 Å². The van der Waals surface area contributed by atoms with E-state index in [1.807, 2.05) is 64.1 Å². The van der Waals surface area contributed by atoms with Gasteiger partial charge in [-0.3, -0.25) is 4.79 Å². The van der Waals surface area contributed by atoms with Crippen LogP contribution in [0.25, 0.3) is 11.0 Å². The van der Waals surface area contributed by atoms with Crippen LogP contribution in [0.3, 0.4) is 0 Å². The van der Waals surface area contributed by atoms with Gasteiger partial charge in [-0.1, -0.05) is 0 Å². The number of nitrogens with zero attached hydrogens (tertiary/aromatic N) is 4. The van der Waals surface area contributed by atoms with Crippen LogP contribution < -0.4 is 10.6 Å². The summed E-state index contributed by atoms with van der Waals surface area (Å²) in [6, 6.07) is 14.7. The van der Waals surface area contributed by atoms with Crippen molar-refractivity contribution in [2.45, 2.75) is 27.7 Å². The first-order chi connectivity index (χ1) is 14.4. The lowest BCUT2D eigenvalue weighted by Crippen LogP contribution is -2.12. The lowest BCUT2D eigenvalue weighted by atomic mass is 10.1. The number of rotatable bonds is 4. The SMILES string of the molecule is Cc1cc(C)nc(Nc2ccc(NC(=O)c3ccc4nc(C)c(C)nc4c3)cc2)n1. The van der Waals surface area contributed by atoms with Gasteiger partial charge in [0.25, 0.3) is 5.91 Å². The Morgan fingerprint density at radius 3 is 1.97 bits per heavy atom. The van der Waals surface area contributed by atoms with Gasteiger partial charge in [-0.2, -0.15) is 0 Å². The number of fused-ring (bicyclic) bond motifs is 1. The van der Waals surface area contributed by atoms with Crippen LogP contribution in [0, 0.1) is 27.7 Å². The second-order valence-electron chi connectivity index (χ2n) is 7.23. The van der Waals surface area contributed by atoms with Gasteiger partial charge >= 0.3 is 0 Å². The molecule has 2 heterocycles. The van der Waals surface area contributed by atoms with E-state index in [0.717, 1.165) is 34.0 Å². The van der Waals surface area contributed by atoms with E-state index in [2.05, 4.69) is 30.6 Å². The minimum Gasteiger partial charge on any atom is -0.324 e. The van der Waals surface area contributed by atoms with E-state index in [-0.39, 0.29) is 5.91 Å². The van der Waals surface area contributed by atoms with Crippen molar-refractivity contribution in [3.63, 3.8) is 0 Å². The Kier molecular flexibility index (Phi) is 5.10. The summed E-state index contributed by atoms with van der Waals surface area (Å²) in [5.41, 5.74) is 7.10. The molecule has 4 aromatic rings.